The van der Waals surface area contributed by atoms with E-state index in [0.29, 0.717) is 5.69 Å². The van der Waals surface area contributed by atoms with Crippen LogP contribution in [0.1, 0.15) is 0 Å². The molecule has 3 heterocycles. The molecule has 3 rings (SSSR count). The Bertz CT molecular complexity index is 455. The average molecular weight is 257 g/mol. The van der Waals surface area contributed by atoms with Gasteiger partial charge in [-0.15, -0.1) is 0 Å². The number of fused-ring (bicyclic) bond motifs is 3. The summed E-state index contributed by atoms with van der Waals surface area (Å²) in [5.74, 6) is 2.56. The number of amides is 1. The summed E-state index contributed by atoms with van der Waals surface area (Å²) in [5.41, 5.74) is 0.651. The van der Waals surface area contributed by atoms with E-state index in [4.69, 9.17) is 11.6 Å². The second-order valence-corrected chi connectivity index (χ2v) is 5.14. The van der Waals surface area contributed by atoms with Crippen LogP contribution in [-0.2, 0) is 4.79 Å². The van der Waals surface area contributed by atoms with Gasteiger partial charge in [0.1, 0.15) is 11.7 Å². The number of thioether (sulfide) groups is 1. The number of nitrogens with one attached hydrogen (secondary N) is 1. The Labute approximate surface area is 102 Å². The third-order valence-electron chi connectivity index (χ3n) is 2.70. The summed E-state index contributed by atoms with van der Waals surface area (Å²) in [6.45, 7) is 0.823. The molecule has 16 heavy (non-hydrogen) atoms. The predicted octanol–water partition coefficient (Wildman–Crippen LogP) is 1.00. The molecular formula is C9H9ClN4OS. The molecule has 0 bridgehead atoms. The van der Waals surface area contributed by atoms with Gasteiger partial charge in [-0.25, -0.2) is 4.98 Å². The molecule has 0 radical (unpaired) electrons. The van der Waals surface area contributed by atoms with E-state index in [1.54, 1.807) is 18.0 Å². The molecule has 0 saturated carbocycles. The van der Waals surface area contributed by atoms with Gasteiger partial charge in [0.15, 0.2) is 5.82 Å². The zero-order chi connectivity index (χ0) is 11.1. The average Bonchev–Trinajstić information content (AvgIpc) is 2.31. The molecule has 84 valence electrons. The van der Waals surface area contributed by atoms with Crippen LogP contribution in [0.5, 0.6) is 0 Å². The quantitative estimate of drug-likeness (QED) is 0.702. The minimum absolute atomic E-state index is 0.0191. The van der Waals surface area contributed by atoms with E-state index >= 15 is 0 Å². The van der Waals surface area contributed by atoms with Crippen LogP contribution in [-0.4, -0.2) is 40.0 Å². The minimum Gasteiger partial charge on any atom is -0.341 e. The molecular weight excluding hydrogens is 248 g/mol. The van der Waals surface area contributed by atoms with Crippen molar-refractivity contribution < 1.29 is 4.79 Å². The highest BCUT2D eigenvalue weighted by Gasteiger charge is 2.36. The van der Waals surface area contributed by atoms with Crippen LogP contribution in [0.3, 0.4) is 0 Å². The number of rotatable bonds is 0. The van der Waals surface area contributed by atoms with E-state index in [1.165, 1.54) is 0 Å². The van der Waals surface area contributed by atoms with Gasteiger partial charge in [0.05, 0.1) is 6.20 Å². The van der Waals surface area contributed by atoms with Crippen molar-refractivity contribution in [1.29, 1.82) is 0 Å². The number of carbonyl (C=O) groups excluding carboxylic acids is 1. The van der Waals surface area contributed by atoms with Crippen molar-refractivity contribution in [3.8, 4) is 0 Å². The van der Waals surface area contributed by atoms with Crippen molar-refractivity contribution in [3.63, 3.8) is 0 Å². The van der Waals surface area contributed by atoms with Gasteiger partial charge >= 0.3 is 0 Å². The Hall–Kier alpha value is -1.01. The monoisotopic (exact) mass is 256 g/mol. The number of halogens is 1. The van der Waals surface area contributed by atoms with E-state index in [2.05, 4.69) is 15.3 Å². The zero-order valence-electron chi connectivity index (χ0n) is 8.31. The van der Waals surface area contributed by atoms with Crippen molar-refractivity contribution >= 4 is 40.8 Å². The van der Waals surface area contributed by atoms with Gasteiger partial charge in [0.25, 0.3) is 0 Å². The molecule has 0 aliphatic carbocycles. The molecule has 1 fully saturated rings. The molecule has 1 atom stereocenters. The maximum absolute atomic E-state index is 11.8. The van der Waals surface area contributed by atoms with Crippen LogP contribution < -0.4 is 10.2 Å². The van der Waals surface area contributed by atoms with Gasteiger partial charge in [0.2, 0.25) is 11.2 Å². The summed E-state index contributed by atoms with van der Waals surface area (Å²) < 4.78 is 0. The lowest BCUT2D eigenvalue weighted by Crippen LogP contribution is -2.53. The zero-order valence-corrected chi connectivity index (χ0v) is 9.88. The number of aromatic nitrogens is 2. The van der Waals surface area contributed by atoms with Crippen LogP contribution >= 0.6 is 23.4 Å². The lowest BCUT2D eigenvalue weighted by Gasteiger charge is -2.39. The van der Waals surface area contributed by atoms with Gasteiger partial charge in [-0.05, 0) is 11.6 Å². The SMILES string of the molecule is O=C1Nc2cnc(Cl)nc2N2CCSCC12. The number of anilines is 2. The fourth-order valence-electron chi connectivity index (χ4n) is 1.95. The number of nitrogens with zero attached hydrogens (tertiary/aromatic N) is 3. The molecule has 5 nitrogen and oxygen atoms in total. The lowest BCUT2D eigenvalue weighted by molar-refractivity contribution is -0.117. The molecule has 1 saturated heterocycles. The first-order valence-electron chi connectivity index (χ1n) is 4.93. The summed E-state index contributed by atoms with van der Waals surface area (Å²) in [7, 11) is 0. The Balaban J connectivity index is 2.07. The van der Waals surface area contributed by atoms with Crippen LogP contribution in [0.15, 0.2) is 6.20 Å². The third-order valence-corrected chi connectivity index (χ3v) is 3.91. The van der Waals surface area contributed by atoms with E-state index in [1.807, 2.05) is 4.90 Å². The first-order chi connectivity index (χ1) is 7.75. The first-order valence-corrected chi connectivity index (χ1v) is 6.47. The van der Waals surface area contributed by atoms with Crippen molar-refractivity contribution in [3.05, 3.63) is 11.5 Å². The standard InChI is InChI=1S/C9H9ClN4OS/c10-9-11-3-5-7(13-9)14-1-2-16-4-6(14)8(15)12-5/h3,6H,1-2,4H2,(H,12,15). The molecule has 2 aliphatic rings. The van der Waals surface area contributed by atoms with Crippen molar-refractivity contribution in [1.82, 2.24) is 9.97 Å². The molecule has 1 aromatic rings. The number of hydrogen-bond acceptors (Lipinski definition) is 5. The Morgan fingerprint density at radius 1 is 1.62 bits per heavy atom. The van der Waals surface area contributed by atoms with Crippen LogP contribution in [0.4, 0.5) is 11.5 Å². The molecule has 2 aliphatic heterocycles. The normalized spacial score (nSPS) is 23.4. The Morgan fingerprint density at radius 2 is 2.50 bits per heavy atom. The second-order valence-electron chi connectivity index (χ2n) is 3.65. The first kappa shape index (κ1) is 10.2. The molecule has 1 aromatic heterocycles. The van der Waals surface area contributed by atoms with Crippen LogP contribution in [0.25, 0.3) is 0 Å². The fourth-order valence-corrected chi connectivity index (χ4v) is 3.13. The molecule has 0 aromatic carbocycles. The van der Waals surface area contributed by atoms with Gasteiger partial charge < -0.3 is 10.2 Å². The van der Waals surface area contributed by atoms with E-state index in [0.717, 1.165) is 23.9 Å². The largest absolute Gasteiger partial charge is 0.341 e. The van der Waals surface area contributed by atoms with Gasteiger partial charge in [0, 0.05) is 18.1 Å². The second kappa shape index (κ2) is 3.78. The highest BCUT2D eigenvalue weighted by Crippen LogP contribution is 2.33. The molecule has 7 heteroatoms. The highest BCUT2D eigenvalue weighted by molar-refractivity contribution is 7.99. The summed E-state index contributed by atoms with van der Waals surface area (Å²) in [5, 5.41) is 3.02. The van der Waals surface area contributed by atoms with Crippen molar-refractivity contribution in [2.75, 3.05) is 28.3 Å². The van der Waals surface area contributed by atoms with E-state index in [-0.39, 0.29) is 17.2 Å². The number of carbonyl (C=O) groups is 1. The third kappa shape index (κ3) is 1.53. The summed E-state index contributed by atoms with van der Waals surface area (Å²) in [6.07, 6.45) is 1.56. The topological polar surface area (TPSA) is 58.1 Å². The minimum atomic E-state index is -0.128. The van der Waals surface area contributed by atoms with Crippen molar-refractivity contribution in [2.45, 2.75) is 6.04 Å². The van der Waals surface area contributed by atoms with Crippen LogP contribution in [0.2, 0.25) is 5.28 Å². The summed E-state index contributed by atoms with van der Waals surface area (Å²) in [4.78, 5) is 21.9. The smallest absolute Gasteiger partial charge is 0.248 e. The van der Waals surface area contributed by atoms with Gasteiger partial charge in [-0.3, -0.25) is 4.79 Å². The highest BCUT2D eigenvalue weighted by atomic mass is 35.5. The summed E-state index contributed by atoms with van der Waals surface area (Å²) >= 11 is 7.56. The molecule has 0 spiro atoms. The van der Waals surface area contributed by atoms with Gasteiger partial charge in [-0.2, -0.15) is 16.7 Å². The van der Waals surface area contributed by atoms with E-state index < -0.39 is 0 Å². The van der Waals surface area contributed by atoms with Gasteiger partial charge in [-0.1, -0.05) is 0 Å². The molecule has 1 N–H and O–H groups in total. The van der Waals surface area contributed by atoms with Crippen LogP contribution in [0, 0.1) is 0 Å². The molecule has 1 amide bonds. The Kier molecular flexibility index (Phi) is 2.40. The fraction of sp³-hybridized carbons (Fsp3) is 0.444. The maximum Gasteiger partial charge on any atom is 0.248 e. The van der Waals surface area contributed by atoms with Crippen molar-refractivity contribution in [2.24, 2.45) is 0 Å². The van der Waals surface area contributed by atoms with E-state index in [9.17, 15) is 4.79 Å². The summed E-state index contributed by atoms with van der Waals surface area (Å²) in [6, 6.07) is -0.128. The lowest BCUT2D eigenvalue weighted by atomic mass is 10.2. The Morgan fingerprint density at radius 3 is 3.38 bits per heavy atom. The maximum atomic E-state index is 11.8. The number of hydrogen-bond donors (Lipinski definition) is 1. The molecule has 1 unspecified atom stereocenters. The predicted molar refractivity (Wildman–Crippen MR) is 64.1 cm³/mol.